The standard InChI is InChI=1S/C10H9BrFN3/c1-6(12)7-2-9(11)10-14-8(3-13)5-15(10)4-7/h2-6,13H,1H3. The predicted octanol–water partition coefficient (Wildman–Crippen LogP) is 3.12. The Labute approximate surface area is 94.6 Å². The van der Waals surface area contributed by atoms with E-state index in [1.165, 1.54) is 6.92 Å². The molecular weight excluding hydrogens is 261 g/mol. The molecule has 2 aromatic rings. The molecule has 0 aromatic carbocycles. The van der Waals surface area contributed by atoms with Crippen LogP contribution < -0.4 is 0 Å². The van der Waals surface area contributed by atoms with Crippen LogP contribution in [0.5, 0.6) is 0 Å². The average molecular weight is 270 g/mol. The van der Waals surface area contributed by atoms with Crippen LogP contribution in [-0.2, 0) is 0 Å². The van der Waals surface area contributed by atoms with Gasteiger partial charge in [-0.3, -0.25) is 0 Å². The summed E-state index contributed by atoms with van der Waals surface area (Å²) in [6.45, 7) is 1.49. The summed E-state index contributed by atoms with van der Waals surface area (Å²) >= 11 is 3.33. The van der Waals surface area contributed by atoms with Crippen molar-refractivity contribution in [2.75, 3.05) is 0 Å². The summed E-state index contributed by atoms with van der Waals surface area (Å²) < 4.78 is 15.6. The van der Waals surface area contributed by atoms with E-state index in [0.29, 0.717) is 16.9 Å². The maximum Gasteiger partial charge on any atom is 0.151 e. The Morgan fingerprint density at radius 2 is 2.33 bits per heavy atom. The van der Waals surface area contributed by atoms with E-state index >= 15 is 0 Å². The minimum absolute atomic E-state index is 0.555. The van der Waals surface area contributed by atoms with Gasteiger partial charge >= 0.3 is 0 Å². The van der Waals surface area contributed by atoms with Crippen LogP contribution in [0.1, 0.15) is 24.4 Å². The van der Waals surface area contributed by atoms with Crippen LogP contribution in [-0.4, -0.2) is 15.6 Å². The van der Waals surface area contributed by atoms with Gasteiger partial charge in [-0.25, -0.2) is 9.37 Å². The molecule has 0 spiro atoms. The van der Waals surface area contributed by atoms with Gasteiger partial charge in [-0.05, 0) is 28.9 Å². The van der Waals surface area contributed by atoms with Gasteiger partial charge in [0.05, 0.1) is 10.2 Å². The van der Waals surface area contributed by atoms with Gasteiger partial charge in [0, 0.05) is 24.2 Å². The summed E-state index contributed by atoms with van der Waals surface area (Å²) in [4.78, 5) is 4.18. The lowest BCUT2D eigenvalue weighted by Gasteiger charge is -2.04. The largest absolute Gasteiger partial charge is 0.306 e. The van der Waals surface area contributed by atoms with Gasteiger partial charge in [0.25, 0.3) is 0 Å². The third kappa shape index (κ3) is 1.79. The molecule has 15 heavy (non-hydrogen) atoms. The number of hydrogen-bond donors (Lipinski definition) is 1. The van der Waals surface area contributed by atoms with Gasteiger partial charge in [0.1, 0.15) is 6.17 Å². The number of nitrogens with zero attached hydrogens (tertiary/aromatic N) is 2. The van der Waals surface area contributed by atoms with Gasteiger partial charge < -0.3 is 9.81 Å². The monoisotopic (exact) mass is 269 g/mol. The molecule has 2 rings (SSSR count). The third-order valence-corrected chi connectivity index (χ3v) is 2.74. The maximum absolute atomic E-state index is 13.1. The number of nitrogens with one attached hydrogen (secondary N) is 1. The zero-order valence-electron chi connectivity index (χ0n) is 8.04. The smallest absolute Gasteiger partial charge is 0.151 e. The summed E-state index contributed by atoms with van der Waals surface area (Å²) in [5.41, 5.74) is 1.83. The molecule has 2 aromatic heterocycles. The Morgan fingerprint density at radius 1 is 1.60 bits per heavy atom. The van der Waals surface area contributed by atoms with Crippen LogP contribution in [0, 0.1) is 5.41 Å². The summed E-state index contributed by atoms with van der Waals surface area (Å²) in [5, 5.41) is 7.09. The Kier molecular flexibility index (Phi) is 2.56. The van der Waals surface area contributed by atoms with E-state index in [-0.39, 0.29) is 0 Å². The van der Waals surface area contributed by atoms with E-state index < -0.39 is 6.17 Å². The molecule has 2 heterocycles. The van der Waals surface area contributed by atoms with E-state index in [2.05, 4.69) is 20.9 Å². The van der Waals surface area contributed by atoms with E-state index in [1.807, 2.05) is 0 Å². The van der Waals surface area contributed by atoms with Gasteiger partial charge in [-0.2, -0.15) is 0 Å². The molecule has 1 atom stereocenters. The first kappa shape index (κ1) is 10.3. The molecule has 5 heteroatoms. The predicted molar refractivity (Wildman–Crippen MR) is 60.3 cm³/mol. The van der Waals surface area contributed by atoms with Gasteiger partial charge in [-0.1, -0.05) is 0 Å². The summed E-state index contributed by atoms with van der Waals surface area (Å²) in [5.74, 6) is 0. The highest BCUT2D eigenvalue weighted by molar-refractivity contribution is 9.10. The Morgan fingerprint density at radius 3 is 2.93 bits per heavy atom. The van der Waals surface area contributed by atoms with Crippen molar-refractivity contribution in [2.24, 2.45) is 0 Å². The van der Waals surface area contributed by atoms with Crippen LogP contribution in [0.3, 0.4) is 0 Å². The molecule has 78 valence electrons. The number of aromatic nitrogens is 2. The molecule has 0 fully saturated rings. The lowest BCUT2D eigenvalue weighted by atomic mass is 10.2. The summed E-state index contributed by atoms with van der Waals surface area (Å²) in [7, 11) is 0. The number of hydrogen-bond acceptors (Lipinski definition) is 2. The first-order valence-electron chi connectivity index (χ1n) is 4.44. The lowest BCUT2D eigenvalue weighted by Crippen LogP contribution is -1.92. The van der Waals surface area contributed by atoms with Crippen molar-refractivity contribution >= 4 is 27.8 Å². The normalized spacial score (nSPS) is 13.0. The molecule has 0 aliphatic rings. The fourth-order valence-corrected chi connectivity index (χ4v) is 1.94. The molecule has 1 unspecified atom stereocenters. The SMILES string of the molecule is CC(F)c1cc(Br)c2nc(C=N)cn2c1. The second kappa shape index (κ2) is 3.73. The molecule has 0 amide bonds. The van der Waals surface area contributed by atoms with Crippen molar-refractivity contribution in [2.45, 2.75) is 13.1 Å². The second-order valence-electron chi connectivity index (χ2n) is 3.28. The lowest BCUT2D eigenvalue weighted by molar-refractivity contribution is 0.373. The second-order valence-corrected chi connectivity index (χ2v) is 4.13. The maximum atomic E-state index is 13.1. The minimum Gasteiger partial charge on any atom is -0.306 e. The number of rotatable bonds is 2. The number of pyridine rings is 1. The van der Waals surface area contributed by atoms with Crippen LogP contribution in [0.2, 0.25) is 0 Å². The summed E-state index contributed by atoms with van der Waals surface area (Å²) in [6, 6.07) is 1.71. The van der Waals surface area contributed by atoms with E-state index in [4.69, 9.17) is 5.41 Å². The quantitative estimate of drug-likeness (QED) is 0.837. The number of halogens is 2. The van der Waals surface area contributed by atoms with Crippen LogP contribution in [0.4, 0.5) is 4.39 Å². The highest BCUT2D eigenvalue weighted by Gasteiger charge is 2.09. The molecule has 0 bridgehead atoms. The molecule has 0 aliphatic heterocycles. The fourth-order valence-electron chi connectivity index (χ4n) is 1.38. The molecule has 0 radical (unpaired) electrons. The minimum atomic E-state index is -1.02. The number of fused-ring (bicyclic) bond motifs is 1. The topological polar surface area (TPSA) is 41.2 Å². The van der Waals surface area contributed by atoms with Crippen molar-refractivity contribution in [3.8, 4) is 0 Å². The van der Waals surface area contributed by atoms with Crippen LogP contribution >= 0.6 is 15.9 Å². The molecule has 0 saturated heterocycles. The van der Waals surface area contributed by atoms with Gasteiger partial charge in [0.2, 0.25) is 0 Å². The molecule has 0 aliphatic carbocycles. The van der Waals surface area contributed by atoms with Crippen molar-refractivity contribution in [3.05, 3.63) is 34.2 Å². The molecular formula is C10H9BrFN3. The van der Waals surface area contributed by atoms with E-state index in [0.717, 1.165) is 10.7 Å². The van der Waals surface area contributed by atoms with E-state index in [1.54, 1.807) is 22.9 Å². The fraction of sp³-hybridized carbons (Fsp3) is 0.200. The van der Waals surface area contributed by atoms with E-state index in [9.17, 15) is 4.39 Å². The van der Waals surface area contributed by atoms with Crippen LogP contribution in [0.25, 0.3) is 5.65 Å². The van der Waals surface area contributed by atoms with Crippen LogP contribution in [0.15, 0.2) is 22.9 Å². The zero-order valence-corrected chi connectivity index (χ0v) is 9.62. The Balaban J connectivity index is 2.70. The first-order chi connectivity index (χ1) is 7.11. The number of alkyl halides is 1. The van der Waals surface area contributed by atoms with Gasteiger partial charge in [0.15, 0.2) is 5.65 Å². The first-order valence-corrected chi connectivity index (χ1v) is 5.24. The van der Waals surface area contributed by atoms with Crippen molar-refractivity contribution in [3.63, 3.8) is 0 Å². The molecule has 0 saturated carbocycles. The Bertz CT molecular complexity index is 519. The molecule has 3 nitrogen and oxygen atoms in total. The highest BCUT2D eigenvalue weighted by atomic mass is 79.9. The van der Waals surface area contributed by atoms with Crippen molar-refractivity contribution in [1.29, 1.82) is 5.41 Å². The average Bonchev–Trinajstić information content (AvgIpc) is 2.61. The highest BCUT2D eigenvalue weighted by Crippen LogP contribution is 2.24. The number of imidazole rings is 1. The Hall–Kier alpha value is -1.23. The van der Waals surface area contributed by atoms with Crippen molar-refractivity contribution in [1.82, 2.24) is 9.38 Å². The van der Waals surface area contributed by atoms with Crippen molar-refractivity contribution < 1.29 is 4.39 Å². The zero-order chi connectivity index (χ0) is 11.0. The molecule has 1 N–H and O–H groups in total. The van der Waals surface area contributed by atoms with Gasteiger partial charge in [-0.15, -0.1) is 0 Å². The summed E-state index contributed by atoms with van der Waals surface area (Å²) in [6.07, 6.45) is 3.53. The third-order valence-electron chi connectivity index (χ3n) is 2.15.